The zero-order chi connectivity index (χ0) is 16.4. The van der Waals surface area contributed by atoms with E-state index in [1.54, 1.807) is 11.1 Å². The summed E-state index contributed by atoms with van der Waals surface area (Å²) in [5.74, 6) is 0. The van der Waals surface area contributed by atoms with E-state index in [1.165, 1.54) is 0 Å². The molecule has 122 valence electrons. The maximum Gasteiger partial charge on any atom is 0.410 e. The minimum Gasteiger partial charge on any atom is -0.444 e. The van der Waals surface area contributed by atoms with Gasteiger partial charge < -0.3 is 10.1 Å². The molecule has 1 aliphatic rings. The van der Waals surface area contributed by atoms with Crippen molar-refractivity contribution < 1.29 is 9.53 Å². The second kappa shape index (κ2) is 6.16. The fraction of sp³-hybridized carbons (Fsp3) is 0.444. The van der Waals surface area contributed by atoms with E-state index in [0.717, 1.165) is 23.0 Å². The van der Waals surface area contributed by atoms with Crippen molar-refractivity contribution in [3.8, 4) is 0 Å². The van der Waals surface area contributed by atoms with Gasteiger partial charge in [0.05, 0.1) is 11.7 Å². The van der Waals surface area contributed by atoms with Gasteiger partial charge in [-0.25, -0.2) is 4.79 Å². The van der Waals surface area contributed by atoms with Crippen LogP contribution >= 0.6 is 0 Å². The molecule has 1 unspecified atom stereocenters. The number of rotatable bonds is 1. The summed E-state index contributed by atoms with van der Waals surface area (Å²) in [5.41, 5.74) is 0.416. The largest absolute Gasteiger partial charge is 0.444 e. The molecule has 2 heterocycles. The summed E-state index contributed by atoms with van der Waals surface area (Å²) < 4.78 is 5.57. The Morgan fingerprint density at radius 1 is 1.30 bits per heavy atom. The van der Waals surface area contributed by atoms with Gasteiger partial charge in [-0.05, 0) is 32.2 Å². The highest BCUT2D eigenvalue weighted by molar-refractivity contribution is 5.85. The first-order valence-corrected chi connectivity index (χ1v) is 8.00. The lowest BCUT2D eigenvalue weighted by molar-refractivity contribution is 0.0115. The number of benzene rings is 1. The van der Waals surface area contributed by atoms with E-state index in [-0.39, 0.29) is 12.1 Å². The third-order valence-corrected chi connectivity index (χ3v) is 3.89. The lowest BCUT2D eigenvalue weighted by Crippen LogP contribution is -2.50. The van der Waals surface area contributed by atoms with Crippen molar-refractivity contribution in [1.29, 1.82) is 0 Å². The lowest BCUT2D eigenvalue weighted by Gasteiger charge is -2.37. The number of nitrogens with one attached hydrogen (secondary N) is 1. The molecule has 0 aliphatic carbocycles. The summed E-state index contributed by atoms with van der Waals surface area (Å²) in [6.07, 6.45) is 1.53. The second-order valence-electron chi connectivity index (χ2n) is 6.81. The van der Waals surface area contributed by atoms with Gasteiger partial charge in [0.2, 0.25) is 0 Å². The van der Waals surface area contributed by atoms with Crippen LogP contribution in [-0.2, 0) is 4.74 Å². The SMILES string of the molecule is CC(C)(C)OC(=O)N1CCNCC1c1nccc2ccccc12. The number of carbonyl (C=O) groups excluding carboxylic acids is 1. The average molecular weight is 313 g/mol. The monoisotopic (exact) mass is 313 g/mol. The maximum absolute atomic E-state index is 12.6. The van der Waals surface area contributed by atoms with Crippen molar-refractivity contribution in [2.75, 3.05) is 19.6 Å². The molecule has 0 saturated carbocycles. The minimum absolute atomic E-state index is 0.121. The molecular weight excluding hydrogens is 290 g/mol. The Hall–Kier alpha value is -2.14. The maximum atomic E-state index is 12.6. The van der Waals surface area contributed by atoms with Gasteiger partial charge in [-0.2, -0.15) is 0 Å². The van der Waals surface area contributed by atoms with E-state index in [4.69, 9.17) is 4.74 Å². The van der Waals surface area contributed by atoms with E-state index >= 15 is 0 Å². The highest BCUT2D eigenvalue weighted by atomic mass is 16.6. The average Bonchev–Trinajstić information content (AvgIpc) is 2.53. The van der Waals surface area contributed by atoms with Crippen molar-refractivity contribution in [3.05, 3.63) is 42.2 Å². The second-order valence-corrected chi connectivity index (χ2v) is 6.81. The molecule has 5 nitrogen and oxygen atoms in total. The van der Waals surface area contributed by atoms with Crippen LogP contribution in [0.25, 0.3) is 10.8 Å². The van der Waals surface area contributed by atoms with Crippen LogP contribution in [0.2, 0.25) is 0 Å². The third-order valence-electron chi connectivity index (χ3n) is 3.89. The number of ether oxygens (including phenoxy) is 1. The molecule has 1 amide bonds. The standard InChI is InChI=1S/C18H23N3O2/c1-18(2,3)23-17(22)21-11-10-19-12-15(21)16-14-7-5-4-6-13(14)8-9-20-16/h4-9,15,19H,10-12H2,1-3H3. The fourth-order valence-corrected chi connectivity index (χ4v) is 2.90. The summed E-state index contributed by atoms with van der Waals surface area (Å²) in [6, 6.07) is 10.0. The van der Waals surface area contributed by atoms with Gasteiger partial charge in [-0.3, -0.25) is 9.88 Å². The summed E-state index contributed by atoms with van der Waals surface area (Å²) in [7, 11) is 0. The molecule has 1 aromatic carbocycles. The van der Waals surface area contributed by atoms with Crippen LogP contribution in [-0.4, -0.2) is 41.2 Å². The Balaban J connectivity index is 1.96. The highest BCUT2D eigenvalue weighted by Gasteiger charge is 2.32. The molecule has 1 fully saturated rings. The Kier molecular flexibility index (Phi) is 4.22. The Bertz CT molecular complexity index is 703. The van der Waals surface area contributed by atoms with E-state index in [0.29, 0.717) is 13.1 Å². The quantitative estimate of drug-likeness (QED) is 0.879. The van der Waals surface area contributed by atoms with Crippen molar-refractivity contribution >= 4 is 16.9 Å². The Labute approximate surface area is 136 Å². The molecule has 23 heavy (non-hydrogen) atoms. The van der Waals surface area contributed by atoms with E-state index in [9.17, 15) is 4.79 Å². The van der Waals surface area contributed by atoms with Crippen molar-refractivity contribution in [2.24, 2.45) is 0 Å². The number of piperazine rings is 1. The molecular formula is C18H23N3O2. The first kappa shape index (κ1) is 15.7. The number of nitrogens with zero attached hydrogens (tertiary/aromatic N) is 2. The van der Waals surface area contributed by atoms with E-state index in [2.05, 4.69) is 22.4 Å². The highest BCUT2D eigenvalue weighted by Crippen LogP contribution is 2.28. The van der Waals surface area contributed by atoms with Crippen molar-refractivity contribution in [3.63, 3.8) is 0 Å². The van der Waals surface area contributed by atoms with E-state index in [1.807, 2.05) is 39.0 Å². The number of pyridine rings is 1. The van der Waals surface area contributed by atoms with Gasteiger partial charge in [0.1, 0.15) is 5.60 Å². The number of fused-ring (bicyclic) bond motifs is 1. The molecule has 1 saturated heterocycles. The summed E-state index contributed by atoms with van der Waals surface area (Å²) >= 11 is 0. The number of aromatic nitrogens is 1. The summed E-state index contributed by atoms with van der Waals surface area (Å²) in [6.45, 7) is 7.72. The zero-order valence-corrected chi connectivity index (χ0v) is 13.9. The molecule has 0 spiro atoms. The number of hydrogen-bond acceptors (Lipinski definition) is 4. The van der Waals surface area contributed by atoms with Crippen LogP contribution in [0.5, 0.6) is 0 Å². The van der Waals surface area contributed by atoms with E-state index < -0.39 is 5.60 Å². The van der Waals surface area contributed by atoms with Crippen LogP contribution in [0, 0.1) is 0 Å². The third kappa shape index (κ3) is 3.45. The van der Waals surface area contributed by atoms with Crippen molar-refractivity contribution in [1.82, 2.24) is 15.2 Å². The summed E-state index contributed by atoms with van der Waals surface area (Å²) in [5, 5.41) is 5.57. The lowest BCUT2D eigenvalue weighted by atomic mass is 10.0. The Morgan fingerprint density at radius 3 is 2.87 bits per heavy atom. The number of hydrogen-bond donors (Lipinski definition) is 1. The predicted molar refractivity (Wildman–Crippen MR) is 90.3 cm³/mol. The molecule has 0 bridgehead atoms. The number of carbonyl (C=O) groups is 1. The predicted octanol–water partition coefficient (Wildman–Crippen LogP) is 3.12. The molecule has 0 radical (unpaired) electrons. The fourth-order valence-electron chi connectivity index (χ4n) is 2.90. The molecule has 1 aromatic heterocycles. The first-order valence-electron chi connectivity index (χ1n) is 8.00. The molecule has 5 heteroatoms. The van der Waals surface area contributed by atoms with Crippen LogP contribution in [0.4, 0.5) is 4.79 Å². The molecule has 1 aliphatic heterocycles. The van der Waals surface area contributed by atoms with Crippen LogP contribution < -0.4 is 5.32 Å². The van der Waals surface area contributed by atoms with Crippen LogP contribution in [0.3, 0.4) is 0 Å². The van der Waals surface area contributed by atoms with Gasteiger partial charge in [-0.15, -0.1) is 0 Å². The normalized spacial score (nSPS) is 18.9. The van der Waals surface area contributed by atoms with Crippen LogP contribution in [0.1, 0.15) is 32.5 Å². The van der Waals surface area contributed by atoms with Gasteiger partial charge in [-0.1, -0.05) is 24.3 Å². The van der Waals surface area contributed by atoms with Crippen molar-refractivity contribution in [2.45, 2.75) is 32.4 Å². The van der Waals surface area contributed by atoms with Gasteiger partial charge >= 0.3 is 6.09 Å². The molecule has 1 atom stereocenters. The summed E-state index contributed by atoms with van der Waals surface area (Å²) in [4.78, 5) is 18.9. The zero-order valence-electron chi connectivity index (χ0n) is 13.9. The topological polar surface area (TPSA) is 54.5 Å². The molecule has 3 rings (SSSR count). The van der Waals surface area contributed by atoms with Crippen LogP contribution in [0.15, 0.2) is 36.5 Å². The van der Waals surface area contributed by atoms with Gasteiger partial charge in [0, 0.05) is 31.2 Å². The minimum atomic E-state index is -0.501. The van der Waals surface area contributed by atoms with Gasteiger partial charge in [0.15, 0.2) is 0 Å². The first-order chi connectivity index (χ1) is 11.0. The smallest absolute Gasteiger partial charge is 0.410 e. The molecule has 1 N–H and O–H groups in total. The molecule has 2 aromatic rings. The Morgan fingerprint density at radius 2 is 2.09 bits per heavy atom. The van der Waals surface area contributed by atoms with Gasteiger partial charge in [0.25, 0.3) is 0 Å². The number of amides is 1.